The molecule has 3 heteroatoms. The highest BCUT2D eigenvalue weighted by molar-refractivity contribution is 6.09. The summed E-state index contributed by atoms with van der Waals surface area (Å²) < 4.78 is 5.33. The van der Waals surface area contributed by atoms with Crippen LogP contribution in [0.1, 0.15) is 84.5 Å². The Kier molecular flexibility index (Phi) is 11.7. The van der Waals surface area contributed by atoms with E-state index in [-0.39, 0.29) is 11.8 Å². The fourth-order valence-electron chi connectivity index (χ4n) is 2.91. The van der Waals surface area contributed by atoms with Gasteiger partial charge in [0.2, 0.25) is 0 Å². The van der Waals surface area contributed by atoms with Crippen LogP contribution in [-0.2, 0) is 14.3 Å². The molecule has 0 aromatic heterocycles. The number of allylic oxidation sites excluding steroid dienone is 4. The second-order valence-electron chi connectivity index (χ2n) is 6.68. The topological polar surface area (TPSA) is 43.4 Å². The molecule has 0 atom stereocenters. The number of Topliss-reactive ketones (excluding diaryl/α,β-unsaturated/α-hetero) is 1. The number of hydrogen-bond donors (Lipinski definition) is 0. The lowest BCUT2D eigenvalue weighted by molar-refractivity contribution is -0.139. The summed E-state index contributed by atoms with van der Waals surface area (Å²) in [4.78, 5) is 23.7. The third-order valence-corrected chi connectivity index (χ3v) is 4.39. The Hall–Kier alpha value is -1.64. The highest BCUT2D eigenvalue weighted by Gasteiger charge is 2.20. The van der Waals surface area contributed by atoms with E-state index in [1.54, 1.807) is 0 Å². The molecule has 0 N–H and O–H groups in total. The normalized spacial score (nSPS) is 14.3. The first-order chi connectivity index (χ1) is 12.2. The lowest BCUT2D eigenvalue weighted by atomic mass is 9.95. The van der Waals surface area contributed by atoms with Crippen molar-refractivity contribution in [3.63, 3.8) is 0 Å². The van der Waals surface area contributed by atoms with Gasteiger partial charge in [0, 0.05) is 5.57 Å². The Morgan fingerprint density at radius 2 is 1.52 bits per heavy atom. The average Bonchev–Trinajstić information content (AvgIpc) is 2.62. The van der Waals surface area contributed by atoms with Gasteiger partial charge in [0.15, 0.2) is 5.78 Å². The maximum absolute atomic E-state index is 12.1. The lowest BCUT2D eigenvalue weighted by Gasteiger charge is -2.13. The standard InChI is InChI=1S/C22H34O3/c1-3-4-5-6-7-8-9-10-11-12-15-18-25-22(24)21-17-14-13-16-20(21)19(2)23/h8-9,16-17H,3-7,10-15,18H2,1-2H3/b9-8-. The first-order valence-electron chi connectivity index (χ1n) is 9.90. The molecule has 0 radical (unpaired) electrons. The van der Waals surface area contributed by atoms with Gasteiger partial charge in [0.25, 0.3) is 0 Å². The second-order valence-corrected chi connectivity index (χ2v) is 6.68. The largest absolute Gasteiger partial charge is 0.462 e. The molecule has 25 heavy (non-hydrogen) atoms. The van der Waals surface area contributed by atoms with Crippen LogP contribution in [0.15, 0.2) is 35.5 Å². The van der Waals surface area contributed by atoms with Crippen molar-refractivity contribution in [2.24, 2.45) is 0 Å². The van der Waals surface area contributed by atoms with Gasteiger partial charge in [-0.05, 0) is 58.3 Å². The lowest BCUT2D eigenvalue weighted by Crippen LogP contribution is -2.16. The first-order valence-corrected chi connectivity index (χ1v) is 9.90. The Bertz CT molecular complexity index is 497. The van der Waals surface area contributed by atoms with E-state index in [9.17, 15) is 9.59 Å². The molecule has 1 rings (SSSR count). The molecule has 0 fully saturated rings. The summed E-state index contributed by atoms with van der Waals surface area (Å²) in [5.74, 6) is -0.419. The Labute approximate surface area is 153 Å². The number of unbranched alkanes of at least 4 members (excludes halogenated alkanes) is 7. The predicted octanol–water partition coefficient (Wildman–Crippen LogP) is 5.85. The van der Waals surface area contributed by atoms with E-state index in [1.165, 1.54) is 39.0 Å². The smallest absolute Gasteiger partial charge is 0.338 e. The van der Waals surface area contributed by atoms with Gasteiger partial charge in [0.05, 0.1) is 12.2 Å². The molecule has 1 aliphatic carbocycles. The molecule has 140 valence electrons. The summed E-state index contributed by atoms with van der Waals surface area (Å²) >= 11 is 0. The van der Waals surface area contributed by atoms with Crippen LogP contribution < -0.4 is 0 Å². The van der Waals surface area contributed by atoms with E-state index in [1.807, 2.05) is 12.2 Å². The molecule has 0 spiro atoms. The van der Waals surface area contributed by atoms with Gasteiger partial charge < -0.3 is 4.74 Å². The molecule has 0 bridgehead atoms. The van der Waals surface area contributed by atoms with E-state index in [4.69, 9.17) is 4.74 Å². The highest BCUT2D eigenvalue weighted by Crippen LogP contribution is 2.21. The average molecular weight is 347 g/mol. The zero-order valence-electron chi connectivity index (χ0n) is 16.0. The van der Waals surface area contributed by atoms with Crippen molar-refractivity contribution < 1.29 is 14.3 Å². The van der Waals surface area contributed by atoms with Gasteiger partial charge >= 0.3 is 5.97 Å². The number of carbonyl (C=O) groups excluding carboxylic acids is 2. The number of rotatable bonds is 13. The van der Waals surface area contributed by atoms with Gasteiger partial charge in [-0.3, -0.25) is 4.79 Å². The first kappa shape index (κ1) is 21.4. The predicted molar refractivity (Wildman–Crippen MR) is 103 cm³/mol. The van der Waals surface area contributed by atoms with Crippen molar-refractivity contribution in [3.05, 3.63) is 35.5 Å². The third kappa shape index (κ3) is 9.42. The minimum absolute atomic E-state index is 0.0654. The van der Waals surface area contributed by atoms with Crippen LogP contribution in [0.25, 0.3) is 0 Å². The van der Waals surface area contributed by atoms with Gasteiger partial charge in [-0.15, -0.1) is 0 Å². The summed E-state index contributed by atoms with van der Waals surface area (Å²) in [6.45, 7) is 4.16. The quantitative estimate of drug-likeness (QED) is 0.238. The second kappa shape index (κ2) is 13.6. The summed E-state index contributed by atoms with van der Waals surface area (Å²) in [6.07, 6.45) is 20.5. The SMILES string of the molecule is CCCCCC/C=C\CCCCCOC(=O)C1=CCCC=C1C(C)=O. The van der Waals surface area contributed by atoms with Gasteiger partial charge in [0.1, 0.15) is 0 Å². The van der Waals surface area contributed by atoms with E-state index < -0.39 is 0 Å². The molecule has 0 aromatic carbocycles. The minimum atomic E-state index is -0.354. The fraction of sp³-hybridized carbons (Fsp3) is 0.636. The molecular weight excluding hydrogens is 312 g/mol. The third-order valence-electron chi connectivity index (χ3n) is 4.39. The van der Waals surface area contributed by atoms with Gasteiger partial charge in [-0.2, -0.15) is 0 Å². The molecule has 3 nitrogen and oxygen atoms in total. The molecule has 0 amide bonds. The van der Waals surface area contributed by atoms with Gasteiger partial charge in [-0.25, -0.2) is 4.79 Å². The summed E-state index contributed by atoms with van der Waals surface area (Å²) in [5, 5.41) is 0. The van der Waals surface area contributed by atoms with Crippen LogP contribution in [0.5, 0.6) is 0 Å². The maximum Gasteiger partial charge on any atom is 0.338 e. The van der Waals surface area contributed by atoms with Crippen LogP contribution in [0.4, 0.5) is 0 Å². The summed E-state index contributed by atoms with van der Waals surface area (Å²) in [5.41, 5.74) is 0.963. The van der Waals surface area contributed by atoms with Crippen molar-refractivity contribution in [2.45, 2.75) is 84.5 Å². The summed E-state index contributed by atoms with van der Waals surface area (Å²) in [7, 11) is 0. The number of esters is 1. The number of ketones is 1. The van der Waals surface area contributed by atoms with Crippen LogP contribution in [0, 0.1) is 0 Å². The van der Waals surface area contributed by atoms with Crippen molar-refractivity contribution in [1.29, 1.82) is 0 Å². The number of hydrogen-bond acceptors (Lipinski definition) is 3. The van der Waals surface area contributed by atoms with Crippen molar-refractivity contribution in [2.75, 3.05) is 6.61 Å². The number of ether oxygens (including phenoxy) is 1. The molecule has 1 aliphatic rings. The Morgan fingerprint density at radius 1 is 0.920 bits per heavy atom. The molecule has 0 saturated carbocycles. The molecular formula is C22H34O3. The number of carbonyl (C=O) groups is 2. The molecule has 0 aromatic rings. The molecule has 0 aliphatic heterocycles. The van der Waals surface area contributed by atoms with Crippen LogP contribution >= 0.6 is 0 Å². The highest BCUT2D eigenvalue weighted by atomic mass is 16.5. The van der Waals surface area contributed by atoms with E-state index in [2.05, 4.69) is 19.1 Å². The maximum atomic E-state index is 12.1. The van der Waals surface area contributed by atoms with E-state index in [0.29, 0.717) is 17.8 Å². The Balaban J connectivity index is 2.07. The van der Waals surface area contributed by atoms with Crippen molar-refractivity contribution >= 4 is 11.8 Å². The van der Waals surface area contributed by atoms with E-state index in [0.717, 1.165) is 38.5 Å². The zero-order valence-corrected chi connectivity index (χ0v) is 16.0. The molecule has 0 saturated heterocycles. The molecule has 0 unspecified atom stereocenters. The zero-order chi connectivity index (χ0) is 18.3. The van der Waals surface area contributed by atoms with Crippen molar-refractivity contribution in [3.8, 4) is 0 Å². The minimum Gasteiger partial charge on any atom is -0.462 e. The van der Waals surface area contributed by atoms with Crippen LogP contribution in [-0.4, -0.2) is 18.4 Å². The van der Waals surface area contributed by atoms with E-state index >= 15 is 0 Å². The van der Waals surface area contributed by atoms with Crippen LogP contribution in [0.2, 0.25) is 0 Å². The fourth-order valence-corrected chi connectivity index (χ4v) is 2.91. The Morgan fingerprint density at radius 3 is 2.12 bits per heavy atom. The van der Waals surface area contributed by atoms with Gasteiger partial charge in [-0.1, -0.05) is 50.5 Å². The van der Waals surface area contributed by atoms with Crippen molar-refractivity contribution in [1.82, 2.24) is 0 Å². The summed E-state index contributed by atoms with van der Waals surface area (Å²) in [6, 6.07) is 0. The van der Waals surface area contributed by atoms with Crippen LogP contribution in [0.3, 0.4) is 0 Å². The molecule has 0 heterocycles. The monoisotopic (exact) mass is 346 g/mol.